The van der Waals surface area contributed by atoms with Crippen molar-refractivity contribution < 1.29 is 17.6 Å². The smallest absolute Gasteiger partial charge is 0.257 e. The molecule has 0 bridgehead atoms. The lowest BCUT2D eigenvalue weighted by Gasteiger charge is -1.99. The monoisotopic (exact) mass is 461 g/mol. The fourth-order valence-corrected chi connectivity index (χ4v) is 4.56. The number of sulfone groups is 1. The van der Waals surface area contributed by atoms with Crippen molar-refractivity contribution in [2.45, 2.75) is 17.0 Å². The highest BCUT2D eigenvalue weighted by atomic mass is 79.9. The van der Waals surface area contributed by atoms with Crippen LogP contribution in [0.1, 0.15) is 6.92 Å². The van der Waals surface area contributed by atoms with Gasteiger partial charge in [0.25, 0.3) is 5.22 Å². The maximum atomic E-state index is 11.9. The molecule has 0 atom stereocenters. The maximum absolute atomic E-state index is 11.9. The van der Waals surface area contributed by atoms with Crippen LogP contribution in [0, 0.1) is 0 Å². The highest BCUT2D eigenvalue weighted by Crippen LogP contribution is 2.27. The van der Waals surface area contributed by atoms with Gasteiger partial charge in [-0.2, -0.15) is 0 Å². The zero-order valence-corrected chi connectivity index (χ0v) is 16.9. The van der Waals surface area contributed by atoms with E-state index in [0.29, 0.717) is 21.5 Å². The molecule has 0 saturated carbocycles. The summed E-state index contributed by atoms with van der Waals surface area (Å²) in [5.74, 6) is -0.113. The van der Waals surface area contributed by atoms with E-state index in [1.54, 1.807) is 19.2 Å². The number of oxazole rings is 1. The van der Waals surface area contributed by atoms with Crippen LogP contribution < -0.4 is 5.32 Å². The van der Waals surface area contributed by atoms with Crippen LogP contribution in [0.5, 0.6) is 0 Å². The number of hydrogen-bond donors (Lipinski definition) is 1. The maximum Gasteiger partial charge on any atom is 0.257 e. The van der Waals surface area contributed by atoms with Crippen LogP contribution in [0.25, 0.3) is 11.1 Å². The molecule has 11 heteroatoms. The first-order chi connectivity index (χ1) is 11.9. The highest BCUT2D eigenvalue weighted by molar-refractivity contribution is 9.11. The first-order valence-corrected chi connectivity index (χ1v) is 11.3. The minimum absolute atomic E-state index is 0.0189. The van der Waals surface area contributed by atoms with E-state index in [2.05, 4.69) is 31.2 Å². The van der Waals surface area contributed by atoms with Crippen LogP contribution in [0.4, 0.5) is 5.13 Å². The van der Waals surface area contributed by atoms with Gasteiger partial charge in [0, 0.05) is 0 Å². The number of nitrogens with one attached hydrogen (secondary N) is 1. The van der Waals surface area contributed by atoms with Gasteiger partial charge in [-0.3, -0.25) is 4.79 Å². The lowest BCUT2D eigenvalue weighted by atomic mass is 10.3. The molecule has 0 radical (unpaired) electrons. The largest absolute Gasteiger partial charge is 0.431 e. The predicted octanol–water partition coefficient (Wildman–Crippen LogP) is 3.57. The molecule has 0 saturated heterocycles. The topological polar surface area (TPSA) is 102 Å². The van der Waals surface area contributed by atoms with Crippen LogP contribution in [-0.2, 0) is 14.6 Å². The number of benzene rings is 1. The van der Waals surface area contributed by atoms with Gasteiger partial charge in [-0.1, -0.05) is 30.0 Å². The number of rotatable bonds is 6. The number of carbonyl (C=O) groups excluding carboxylic acids is 1. The molecule has 0 spiro atoms. The second-order valence-corrected chi connectivity index (χ2v) is 10.4. The van der Waals surface area contributed by atoms with Crippen molar-refractivity contribution in [1.29, 1.82) is 0 Å². The Morgan fingerprint density at radius 2 is 2.24 bits per heavy atom. The third-order valence-corrected chi connectivity index (χ3v) is 7.08. The van der Waals surface area contributed by atoms with Crippen molar-refractivity contribution in [3.05, 3.63) is 28.2 Å². The Balaban J connectivity index is 1.68. The summed E-state index contributed by atoms with van der Waals surface area (Å²) in [5.41, 5.74) is 0.920. The summed E-state index contributed by atoms with van der Waals surface area (Å²) in [4.78, 5) is 20.4. The van der Waals surface area contributed by atoms with Crippen LogP contribution in [0.3, 0.4) is 0 Å². The van der Waals surface area contributed by atoms with E-state index < -0.39 is 9.84 Å². The van der Waals surface area contributed by atoms with Crippen molar-refractivity contribution in [3.63, 3.8) is 0 Å². The van der Waals surface area contributed by atoms with Crippen LogP contribution in [0.2, 0.25) is 0 Å². The van der Waals surface area contributed by atoms with Gasteiger partial charge in [-0.15, -0.1) is 0 Å². The third kappa shape index (κ3) is 4.40. The fraction of sp³-hybridized carbons (Fsp3) is 0.214. The Morgan fingerprint density at radius 1 is 1.44 bits per heavy atom. The van der Waals surface area contributed by atoms with Gasteiger partial charge >= 0.3 is 0 Å². The summed E-state index contributed by atoms with van der Waals surface area (Å²) < 4.78 is 30.2. The molecule has 1 amide bonds. The van der Waals surface area contributed by atoms with Crippen LogP contribution in [0.15, 0.2) is 42.7 Å². The summed E-state index contributed by atoms with van der Waals surface area (Å²) >= 11 is 5.72. The first-order valence-electron chi connectivity index (χ1n) is 7.04. The summed E-state index contributed by atoms with van der Waals surface area (Å²) in [6.07, 6.45) is 1.61. The lowest BCUT2D eigenvalue weighted by molar-refractivity contribution is -0.113. The highest BCUT2D eigenvalue weighted by Gasteiger charge is 2.15. The predicted molar refractivity (Wildman–Crippen MR) is 101 cm³/mol. The molecule has 3 rings (SSSR count). The second kappa shape index (κ2) is 7.44. The van der Waals surface area contributed by atoms with E-state index in [-0.39, 0.29) is 22.3 Å². The minimum Gasteiger partial charge on any atom is -0.431 e. The summed E-state index contributed by atoms with van der Waals surface area (Å²) in [7, 11) is -3.30. The molecule has 25 heavy (non-hydrogen) atoms. The van der Waals surface area contributed by atoms with E-state index in [1.807, 2.05) is 0 Å². The molecular formula is C14H12BrN3O4S3. The van der Waals surface area contributed by atoms with E-state index in [9.17, 15) is 13.2 Å². The number of carbonyl (C=O) groups is 1. The standard InChI is InChI=1S/C14H12BrN3O4S3/c1-2-25(20,21)8-3-4-10-9(5-8)17-14(22-10)23-7-12(19)18-13-16-6-11(15)24-13/h3-6H,2,7H2,1H3,(H,16,18,19). The van der Waals surface area contributed by atoms with Crippen LogP contribution in [-0.4, -0.2) is 35.8 Å². The molecule has 132 valence electrons. The number of fused-ring (bicyclic) bond motifs is 1. The molecule has 0 aliphatic carbocycles. The average Bonchev–Trinajstić information content (AvgIpc) is 3.17. The quantitative estimate of drug-likeness (QED) is 0.559. The number of thiazole rings is 1. The van der Waals surface area contributed by atoms with Crippen molar-refractivity contribution in [2.24, 2.45) is 0 Å². The van der Waals surface area contributed by atoms with E-state index >= 15 is 0 Å². The van der Waals surface area contributed by atoms with Gasteiger partial charge in [0.1, 0.15) is 5.52 Å². The lowest BCUT2D eigenvalue weighted by Crippen LogP contribution is -2.13. The zero-order chi connectivity index (χ0) is 18.0. The van der Waals surface area contributed by atoms with Crippen LogP contribution >= 0.6 is 39.0 Å². The number of anilines is 1. The van der Waals surface area contributed by atoms with Crippen molar-refractivity contribution in [2.75, 3.05) is 16.8 Å². The Hall–Kier alpha value is -1.43. The summed E-state index contributed by atoms with van der Waals surface area (Å²) in [5, 5.41) is 3.48. The Kier molecular flexibility index (Phi) is 5.46. The molecule has 0 fully saturated rings. The molecule has 1 N–H and O–H groups in total. The second-order valence-electron chi connectivity index (χ2n) is 4.82. The Morgan fingerprint density at radius 3 is 2.92 bits per heavy atom. The molecular weight excluding hydrogens is 450 g/mol. The van der Waals surface area contributed by atoms with Gasteiger partial charge in [-0.05, 0) is 34.1 Å². The van der Waals surface area contributed by atoms with Gasteiger partial charge in [0.2, 0.25) is 5.91 Å². The minimum atomic E-state index is -3.30. The summed E-state index contributed by atoms with van der Waals surface area (Å²) in [6, 6.07) is 4.55. The SMILES string of the molecule is CCS(=O)(=O)c1ccc2oc(SCC(=O)Nc3ncc(Br)s3)nc2c1. The number of aromatic nitrogens is 2. The van der Waals surface area contributed by atoms with E-state index in [4.69, 9.17) is 4.42 Å². The molecule has 2 aromatic heterocycles. The average molecular weight is 462 g/mol. The number of thioether (sulfide) groups is 1. The fourth-order valence-electron chi connectivity index (χ4n) is 1.90. The normalized spacial score (nSPS) is 11.8. The Labute approximate surface area is 160 Å². The Bertz CT molecular complexity index is 1030. The number of halogens is 1. The molecule has 7 nitrogen and oxygen atoms in total. The van der Waals surface area contributed by atoms with Gasteiger partial charge < -0.3 is 9.73 Å². The number of amides is 1. The first kappa shape index (κ1) is 18.4. The van der Waals surface area contributed by atoms with E-state index in [0.717, 1.165) is 15.5 Å². The molecule has 2 heterocycles. The van der Waals surface area contributed by atoms with Crippen molar-refractivity contribution in [1.82, 2.24) is 9.97 Å². The van der Waals surface area contributed by atoms with Gasteiger partial charge in [-0.25, -0.2) is 18.4 Å². The summed E-state index contributed by atoms with van der Waals surface area (Å²) in [6.45, 7) is 1.59. The molecule has 0 unspecified atom stereocenters. The third-order valence-electron chi connectivity index (χ3n) is 3.13. The van der Waals surface area contributed by atoms with Gasteiger partial charge in [0.05, 0.1) is 26.4 Å². The van der Waals surface area contributed by atoms with Crippen molar-refractivity contribution >= 4 is 71.0 Å². The molecule has 1 aromatic carbocycles. The molecule has 0 aliphatic rings. The number of nitrogens with zero attached hydrogens (tertiary/aromatic N) is 2. The number of hydrogen-bond acceptors (Lipinski definition) is 8. The van der Waals surface area contributed by atoms with Gasteiger partial charge in [0.15, 0.2) is 20.6 Å². The van der Waals surface area contributed by atoms with E-state index in [1.165, 1.54) is 23.5 Å². The van der Waals surface area contributed by atoms with Crippen molar-refractivity contribution in [3.8, 4) is 0 Å². The molecule has 3 aromatic rings. The zero-order valence-electron chi connectivity index (χ0n) is 12.9. The molecule has 0 aliphatic heterocycles.